The van der Waals surface area contributed by atoms with Crippen molar-refractivity contribution in [1.82, 2.24) is 10.2 Å². The van der Waals surface area contributed by atoms with Crippen LogP contribution in [0.4, 0.5) is 0 Å². The van der Waals surface area contributed by atoms with E-state index in [0.29, 0.717) is 10.0 Å². The van der Waals surface area contributed by atoms with Gasteiger partial charge in [-0.25, -0.2) is 8.42 Å². The molecule has 0 radical (unpaired) electrons. The highest BCUT2D eigenvalue weighted by Crippen LogP contribution is 2.16. The van der Waals surface area contributed by atoms with Gasteiger partial charge in [-0.1, -0.05) is 11.3 Å². The molecule has 1 rings (SSSR count). The summed E-state index contributed by atoms with van der Waals surface area (Å²) in [7, 11) is -3.02. The summed E-state index contributed by atoms with van der Waals surface area (Å²) < 4.78 is 21.8. The minimum atomic E-state index is -3.02. The quantitative estimate of drug-likeness (QED) is 0.782. The first-order valence-electron chi connectivity index (χ1n) is 3.64. The molecule has 1 unspecified atom stereocenters. The Balaban J connectivity index is 2.81. The molecule has 0 aliphatic rings. The molecule has 0 aliphatic carbocycles. The fraction of sp³-hybridized carbons (Fsp3) is 0.667. The Morgan fingerprint density at radius 3 is 2.54 bits per heavy atom. The van der Waals surface area contributed by atoms with E-state index in [4.69, 9.17) is 5.73 Å². The van der Waals surface area contributed by atoms with Crippen LogP contribution in [-0.2, 0) is 15.6 Å². The van der Waals surface area contributed by atoms with Gasteiger partial charge in [0.1, 0.15) is 15.8 Å². The molecule has 1 aromatic heterocycles. The summed E-state index contributed by atoms with van der Waals surface area (Å²) in [6.45, 7) is 1.78. The molecular formula is C6H11N3O2S2. The molecule has 0 fully saturated rings. The predicted octanol–water partition coefficient (Wildman–Crippen LogP) is 0.102. The Bertz CT molecular complexity index is 382. The zero-order valence-corrected chi connectivity index (χ0v) is 9.02. The van der Waals surface area contributed by atoms with Crippen LogP contribution >= 0.6 is 11.3 Å². The van der Waals surface area contributed by atoms with Gasteiger partial charge in [0, 0.05) is 6.26 Å². The van der Waals surface area contributed by atoms with Crippen LogP contribution in [0.5, 0.6) is 0 Å². The van der Waals surface area contributed by atoms with Crippen molar-refractivity contribution in [3.05, 3.63) is 10.0 Å². The molecule has 1 atom stereocenters. The summed E-state index contributed by atoms with van der Waals surface area (Å²) in [6, 6.07) is -0.189. The van der Waals surface area contributed by atoms with Gasteiger partial charge in [0.05, 0.1) is 6.04 Å². The first kappa shape index (κ1) is 10.6. The summed E-state index contributed by atoms with van der Waals surface area (Å²) >= 11 is 1.24. The second-order valence-electron chi connectivity index (χ2n) is 2.89. The average molecular weight is 221 g/mol. The molecule has 1 heterocycles. The summed E-state index contributed by atoms with van der Waals surface area (Å²) in [5, 5.41) is 8.67. The van der Waals surface area contributed by atoms with E-state index in [1.807, 2.05) is 0 Å². The average Bonchev–Trinajstić information content (AvgIpc) is 2.31. The lowest BCUT2D eigenvalue weighted by Crippen LogP contribution is -2.03. The molecule has 0 spiro atoms. The largest absolute Gasteiger partial charge is 0.322 e. The molecule has 0 saturated carbocycles. The Labute approximate surface area is 80.9 Å². The van der Waals surface area contributed by atoms with Crippen LogP contribution in [0.2, 0.25) is 0 Å². The SMILES string of the molecule is CC(N)c1nnc(CS(C)(=O)=O)s1. The number of nitrogens with zero attached hydrogens (tertiary/aromatic N) is 2. The van der Waals surface area contributed by atoms with Gasteiger partial charge in [0.15, 0.2) is 9.84 Å². The number of aromatic nitrogens is 2. The minimum Gasteiger partial charge on any atom is -0.322 e. The Kier molecular flexibility index (Phi) is 2.99. The maximum atomic E-state index is 10.9. The summed E-state index contributed by atoms with van der Waals surface area (Å²) in [4.78, 5) is 0. The van der Waals surface area contributed by atoms with Crippen LogP contribution in [0.25, 0.3) is 0 Å². The van der Waals surface area contributed by atoms with E-state index in [-0.39, 0.29) is 11.8 Å². The number of sulfone groups is 1. The first-order chi connectivity index (χ1) is 5.88. The fourth-order valence-electron chi connectivity index (χ4n) is 0.733. The molecule has 74 valence electrons. The predicted molar refractivity (Wildman–Crippen MR) is 51.1 cm³/mol. The normalized spacial score (nSPS) is 14.4. The van der Waals surface area contributed by atoms with Crippen LogP contribution in [0.15, 0.2) is 0 Å². The van der Waals surface area contributed by atoms with Gasteiger partial charge in [-0.05, 0) is 6.92 Å². The van der Waals surface area contributed by atoms with Crippen LogP contribution in [0, 0.1) is 0 Å². The topological polar surface area (TPSA) is 85.9 Å². The van der Waals surface area contributed by atoms with Gasteiger partial charge in [-0.15, -0.1) is 10.2 Å². The number of hydrogen-bond donors (Lipinski definition) is 1. The van der Waals surface area contributed by atoms with E-state index in [1.165, 1.54) is 17.6 Å². The van der Waals surface area contributed by atoms with E-state index in [0.717, 1.165) is 0 Å². The molecule has 13 heavy (non-hydrogen) atoms. The second kappa shape index (κ2) is 3.69. The highest BCUT2D eigenvalue weighted by atomic mass is 32.2. The fourth-order valence-corrected chi connectivity index (χ4v) is 2.71. The van der Waals surface area contributed by atoms with Gasteiger partial charge in [0.2, 0.25) is 0 Å². The molecule has 1 aromatic rings. The van der Waals surface area contributed by atoms with Crippen LogP contribution in [0.1, 0.15) is 23.0 Å². The molecular weight excluding hydrogens is 210 g/mol. The third-order valence-electron chi connectivity index (χ3n) is 1.26. The molecule has 0 amide bonds. The minimum absolute atomic E-state index is 0.0581. The van der Waals surface area contributed by atoms with Crippen molar-refractivity contribution in [2.75, 3.05) is 6.26 Å². The lowest BCUT2D eigenvalue weighted by Gasteiger charge is -1.94. The van der Waals surface area contributed by atoms with Gasteiger partial charge < -0.3 is 5.73 Å². The Hall–Kier alpha value is -0.530. The number of hydrogen-bond acceptors (Lipinski definition) is 6. The number of nitrogens with two attached hydrogens (primary N) is 1. The van der Waals surface area contributed by atoms with Gasteiger partial charge in [-0.2, -0.15) is 0 Å². The van der Waals surface area contributed by atoms with Gasteiger partial charge in [-0.3, -0.25) is 0 Å². The maximum absolute atomic E-state index is 10.9. The first-order valence-corrected chi connectivity index (χ1v) is 6.52. The number of rotatable bonds is 3. The molecule has 0 bridgehead atoms. The monoisotopic (exact) mass is 221 g/mol. The van der Waals surface area contributed by atoms with Crippen LogP contribution in [-0.4, -0.2) is 24.9 Å². The third-order valence-corrected chi connectivity index (χ3v) is 3.36. The Morgan fingerprint density at radius 2 is 2.15 bits per heavy atom. The van der Waals surface area contributed by atoms with Crippen molar-refractivity contribution in [3.63, 3.8) is 0 Å². The molecule has 0 aliphatic heterocycles. The highest BCUT2D eigenvalue weighted by molar-refractivity contribution is 7.90. The van der Waals surface area contributed by atoms with E-state index in [9.17, 15) is 8.42 Å². The zero-order chi connectivity index (χ0) is 10.1. The van der Waals surface area contributed by atoms with Crippen LogP contribution < -0.4 is 5.73 Å². The maximum Gasteiger partial charge on any atom is 0.154 e. The van der Waals surface area contributed by atoms with Gasteiger partial charge >= 0.3 is 0 Å². The Morgan fingerprint density at radius 1 is 1.54 bits per heavy atom. The van der Waals surface area contributed by atoms with Gasteiger partial charge in [0.25, 0.3) is 0 Å². The molecule has 7 heteroatoms. The van der Waals surface area contributed by atoms with Crippen molar-refractivity contribution >= 4 is 21.2 Å². The van der Waals surface area contributed by atoms with Crippen molar-refractivity contribution in [3.8, 4) is 0 Å². The van der Waals surface area contributed by atoms with E-state index in [2.05, 4.69) is 10.2 Å². The lowest BCUT2D eigenvalue weighted by molar-refractivity contribution is 0.600. The zero-order valence-electron chi connectivity index (χ0n) is 7.39. The molecule has 0 aromatic carbocycles. The van der Waals surface area contributed by atoms with E-state index < -0.39 is 9.84 Å². The molecule has 0 saturated heterocycles. The standard InChI is InChI=1S/C6H11N3O2S2/c1-4(7)6-9-8-5(12-6)3-13(2,10)11/h4H,3,7H2,1-2H3. The lowest BCUT2D eigenvalue weighted by atomic mass is 10.4. The summed E-state index contributed by atoms with van der Waals surface area (Å²) in [5.41, 5.74) is 5.55. The second-order valence-corrected chi connectivity index (χ2v) is 6.13. The highest BCUT2D eigenvalue weighted by Gasteiger charge is 2.12. The van der Waals surface area contributed by atoms with Crippen molar-refractivity contribution < 1.29 is 8.42 Å². The summed E-state index contributed by atoms with van der Waals surface area (Å²) in [6.07, 6.45) is 1.17. The molecule has 2 N–H and O–H groups in total. The van der Waals surface area contributed by atoms with E-state index >= 15 is 0 Å². The molecule has 5 nitrogen and oxygen atoms in total. The van der Waals surface area contributed by atoms with Crippen LogP contribution in [0.3, 0.4) is 0 Å². The van der Waals surface area contributed by atoms with Crippen molar-refractivity contribution in [1.29, 1.82) is 0 Å². The van der Waals surface area contributed by atoms with E-state index in [1.54, 1.807) is 6.92 Å². The third kappa shape index (κ3) is 3.37. The summed E-state index contributed by atoms with van der Waals surface area (Å²) in [5.74, 6) is -0.0581. The van der Waals surface area contributed by atoms with Crippen molar-refractivity contribution in [2.24, 2.45) is 5.73 Å². The van der Waals surface area contributed by atoms with Crippen molar-refractivity contribution in [2.45, 2.75) is 18.7 Å². The smallest absolute Gasteiger partial charge is 0.154 e.